The van der Waals surface area contributed by atoms with Crippen LogP contribution >= 0.6 is 0 Å². The molecule has 26 heavy (non-hydrogen) atoms. The van der Waals surface area contributed by atoms with Crippen LogP contribution in [0, 0.1) is 11.8 Å². The van der Waals surface area contributed by atoms with Gasteiger partial charge in [-0.25, -0.2) is 0 Å². The Hall–Kier alpha value is -2.01. The molecule has 2 aliphatic heterocycles. The molecule has 7 rings (SSSR count). The lowest BCUT2D eigenvalue weighted by molar-refractivity contribution is -0.174. The molecule has 2 aromatic carbocycles. The number of carbonyl (C=O) groups excluding carboxylic acids is 1. The third-order valence-electron chi connectivity index (χ3n) is 6.90. The summed E-state index contributed by atoms with van der Waals surface area (Å²) in [6.45, 7) is 0.988. The summed E-state index contributed by atoms with van der Waals surface area (Å²) >= 11 is 0. The van der Waals surface area contributed by atoms with Crippen molar-refractivity contribution < 1.29 is 19.0 Å². The molecule has 4 unspecified atom stereocenters. The summed E-state index contributed by atoms with van der Waals surface area (Å²) in [5.74, 6) is 0.183. The van der Waals surface area contributed by atoms with Crippen molar-refractivity contribution in [3.05, 3.63) is 70.8 Å². The van der Waals surface area contributed by atoms with Crippen molar-refractivity contribution in [2.45, 2.75) is 23.7 Å². The SMILES string of the molecule is COCC12c3ccccc3C(c3ccccc31)C1C3COC(O3)C(=O)C12. The van der Waals surface area contributed by atoms with E-state index in [1.807, 2.05) is 0 Å². The van der Waals surface area contributed by atoms with Gasteiger partial charge in [-0.15, -0.1) is 0 Å². The van der Waals surface area contributed by atoms with Crippen LogP contribution < -0.4 is 0 Å². The molecule has 2 aromatic rings. The lowest BCUT2D eigenvalue weighted by Gasteiger charge is -2.59. The molecule has 132 valence electrons. The van der Waals surface area contributed by atoms with E-state index in [0.717, 1.165) is 0 Å². The van der Waals surface area contributed by atoms with Crippen LogP contribution in [0.5, 0.6) is 0 Å². The predicted octanol–water partition coefficient (Wildman–Crippen LogP) is 2.63. The maximum Gasteiger partial charge on any atom is 0.218 e. The molecule has 0 N–H and O–H groups in total. The minimum Gasteiger partial charge on any atom is -0.383 e. The van der Waals surface area contributed by atoms with Crippen LogP contribution in [0.15, 0.2) is 48.5 Å². The number of carbonyl (C=O) groups is 1. The Labute approximate surface area is 152 Å². The summed E-state index contributed by atoms with van der Waals surface area (Å²) in [5.41, 5.74) is 4.63. The molecule has 4 bridgehead atoms. The summed E-state index contributed by atoms with van der Waals surface area (Å²) < 4.78 is 17.5. The van der Waals surface area contributed by atoms with Gasteiger partial charge in [0.05, 0.1) is 24.7 Å². The Kier molecular flexibility index (Phi) is 2.92. The predicted molar refractivity (Wildman–Crippen MR) is 94.0 cm³/mol. The summed E-state index contributed by atoms with van der Waals surface area (Å²) in [4.78, 5) is 13.4. The van der Waals surface area contributed by atoms with Crippen LogP contribution in [0.1, 0.15) is 28.2 Å². The molecule has 0 amide bonds. The van der Waals surface area contributed by atoms with E-state index in [2.05, 4.69) is 48.5 Å². The van der Waals surface area contributed by atoms with Crippen molar-refractivity contribution in [3.8, 4) is 0 Å². The van der Waals surface area contributed by atoms with Gasteiger partial charge in [0.25, 0.3) is 0 Å². The molecule has 2 fully saturated rings. The average molecular weight is 348 g/mol. The molecular formula is C22H20O4. The third kappa shape index (κ3) is 1.55. The highest BCUT2D eigenvalue weighted by molar-refractivity contribution is 5.90. The van der Waals surface area contributed by atoms with E-state index >= 15 is 0 Å². The van der Waals surface area contributed by atoms with Gasteiger partial charge >= 0.3 is 0 Å². The lowest BCUT2D eigenvalue weighted by atomic mass is 9.45. The van der Waals surface area contributed by atoms with E-state index in [9.17, 15) is 4.79 Å². The summed E-state index contributed by atoms with van der Waals surface area (Å²) in [6.07, 6.45) is -0.751. The highest BCUT2D eigenvalue weighted by Crippen LogP contribution is 2.64. The van der Waals surface area contributed by atoms with Crippen molar-refractivity contribution >= 4 is 5.78 Å². The highest BCUT2D eigenvalue weighted by atomic mass is 16.7. The molecule has 2 heterocycles. The zero-order valence-electron chi connectivity index (χ0n) is 14.6. The van der Waals surface area contributed by atoms with Crippen LogP contribution in [-0.4, -0.2) is 38.5 Å². The van der Waals surface area contributed by atoms with Crippen LogP contribution in [-0.2, 0) is 24.4 Å². The monoisotopic (exact) mass is 348 g/mol. The quantitative estimate of drug-likeness (QED) is 0.837. The molecular weight excluding hydrogens is 328 g/mol. The third-order valence-corrected chi connectivity index (χ3v) is 6.90. The van der Waals surface area contributed by atoms with Crippen LogP contribution in [0.25, 0.3) is 0 Å². The van der Waals surface area contributed by atoms with Gasteiger partial charge in [0, 0.05) is 24.9 Å². The molecule has 0 radical (unpaired) electrons. The zero-order chi connectivity index (χ0) is 17.5. The number of methoxy groups -OCH3 is 1. The van der Waals surface area contributed by atoms with Crippen molar-refractivity contribution in [2.24, 2.45) is 11.8 Å². The Morgan fingerprint density at radius 3 is 2.38 bits per heavy atom. The Balaban J connectivity index is 1.73. The molecule has 0 aromatic heterocycles. The van der Waals surface area contributed by atoms with Gasteiger partial charge in [0.1, 0.15) is 0 Å². The summed E-state index contributed by atoms with van der Waals surface area (Å²) in [7, 11) is 1.73. The molecule has 3 aliphatic carbocycles. The van der Waals surface area contributed by atoms with Gasteiger partial charge < -0.3 is 14.2 Å². The zero-order valence-corrected chi connectivity index (χ0v) is 14.6. The smallest absolute Gasteiger partial charge is 0.218 e. The van der Waals surface area contributed by atoms with E-state index in [-0.39, 0.29) is 29.6 Å². The maximum absolute atomic E-state index is 13.4. The van der Waals surface area contributed by atoms with E-state index in [1.165, 1.54) is 22.3 Å². The van der Waals surface area contributed by atoms with Gasteiger partial charge in [-0.1, -0.05) is 48.5 Å². The Bertz CT molecular complexity index is 872. The lowest BCUT2D eigenvalue weighted by Crippen LogP contribution is -2.63. The molecule has 4 nitrogen and oxygen atoms in total. The fraction of sp³-hybridized carbons (Fsp3) is 0.409. The minimum atomic E-state index is -0.714. The van der Waals surface area contributed by atoms with Gasteiger partial charge in [0.2, 0.25) is 6.29 Å². The van der Waals surface area contributed by atoms with Gasteiger partial charge in [0.15, 0.2) is 5.78 Å². The van der Waals surface area contributed by atoms with Crippen LogP contribution in [0.3, 0.4) is 0 Å². The summed E-state index contributed by atoms with van der Waals surface area (Å²) in [5, 5.41) is 0. The fourth-order valence-electron chi connectivity index (χ4n) is 6.18. The molecule has 5 aliphatic rings. The minimum absolute atomic E-state index is 0.0364. The average Bonchev–Trinajstić information content (AvgIpc) is 3.12. The molecule has 4 atom stereocenters. The number of Topliss-reactive ketones (excluding diaryl/α,β-unsaturated/α-hetero) is 1. The first kappa shape index (κ1) is 15.1. The van der Waals surface area contributed by atoms with Gasteiger partial charge in [-0.3, -0.25) is 4.79 Å². The first-order valence-corrected chi connectivity index (χ1v) is 9.26. The van der Waals surface area contributed by atoms with E-state index in [1.54, 1.807) is 7.11 Å². The maximum atomic E-state index is 13.4. The number of hydrogen-bond acceptors (Lipinski definition) is 4. The highest BCUT2D eigenvalue weighted by Gasteiger charge is 2.67. The largest absolute Gasteiger partial charge is 0.383 e. The van der Waals surface area contributed by atoms with E-state index in [0.29, 0.717) is 13.2 Å². The fourth-order valence-corrected chi connectivity index (χ4v) is 6.18. The topological polar surface area (TPSA) is 44.8 Å². The Morgan fingerprint density at radius 1 is 1.08 bits per heavy atom. The molecule has 4 heteroatoms. The molecule has 0 saturated carbocycles. The van der Waals surface area contributed by atoms with Gasteiger partial charge in [-0.2, -0.15) is 0 Å². The normalized spacial score (nSPS) is 38.7. The van der Waals surface area contributed by atoms with E-state index < -0.39 is 11.7 Å². The summed E-state index contributed by atoms with van der Waals surface area (Å²) in [6, 6.07) is 17.1. The number of ketones is 1. The standard InChI is InChI=1S/C22H20O4/c1-24-11-22-14-8-4-2-6-12(14)17(13-7-3-5-9-15(13)22)18-16-10-25-21(26-16)20(23)19(18)22/h2-9,16-19,21H,10-11H2,1H3. The van der Waals surface area contributed by atoms with E-state index in [4.69, 9.17) is 14.2 Å². The first-order valence-electron chi connectivity index (χ1n) is 9.26. The number of fused-ring (bicyclic) bond motifs is 2. The second kappa shape index (κ2) is 5.03. The van der Waals surface area contributed by atoms with Crippen molar-refractivity contribution in [2.75, 3.05) is 20.3 Å². The van der Waals surface area contributed by atoms with Crippen molar-refractivity contribution in [1.29, 1.82) is 0 Å². The first-order chi connectivity index (χ1) is 12.8. The molecule has 0 spiro atoms. The van der Waals surface area contributed by atoms with Crippen molar-refractivity contribution in [1.82, 2.24) is 0 Å². The number of rotatable bonds is 2. The second-order valence-electron chi connectivity index (χ2n) is 7.85. The van der Waals surface area contributed by atoms with Crippen molar-refractivity contribution in [3.63, 3.8) is 0 Å². The number of benzene rings is 2. The van der Waals surface area contributed by atoms with Crippen LogP contribution in [0.4, 0.5) is 0 Å². The van der Waals surface area contributed by atoms with Crippen LogP contribution in [0.2, 0.25) is 0 Å². The molecule has 2 saturated heterocycles. The second-order valence-corrected chi connectivity index (χ2v) is 7.85. The number of ether oxygens (including phenoxy) is 3. The van der Waals surface area contributed by atoms with Gasteiger partial charge in [-0.05, 0) is 22.3 Å². The number of hydrogen-bond donors (Lipinski definition) is 0. The Morgan fingerprint density at radius 2 is 1.73 bits per heavy atom.